The lowest BCUT2D eigenvalue weighted by Gasteiger charge is -2.28. The topological polar surface area (TPSA) is 82.2 Å². The average Bonchev–Trinajstić information content (AvgIpc) is 3.16. The molecule has 0 bridgehead atoms. The standard InChI is InChI=1S/C15H21N5O2/c1-15-7-19(9-21)5-11(15)6-20(8-15)14(22)10-2-3-12-13(4-10)17-18-16-12/h9-11H,2-8H2,1H3,(H,16,17,18). The molecule has 2 saturated heterocycles. The van der Waals surface area contributed by atoms with E-state index in [1.807, 2.05) is 9.80 Å². The molecule has 3 atom stereocenters. The molecule has 1 aromatic rings. The van der Waals surface area contributed by atoms with Crippen molar-refractivity contribution in [3.8, 4) is 0 Å². The van der Waals surface area contributed by atoms with Gasteiger partial charge in [-0.25, -0.2) is 0 Å². The van der Waals surface area contributed by atoms with Gasteiger partial charge in [0.1, 0.15) is 0 Å². The van der Waals surface area contributed by atoms with Crippen molar-refractivity contribution in [2.24, 2.45) is 17.3 Å². The molecule has 3 heterocycles. The molecule has 1 aromatic heterocycles. The Hall–Kier alpha value is -1.92. The zero-order valence-corrected chi connectivity index (χ0v) is 12.8. The second kappa shape index (κ2) is 4.79. The molecule has 22 heavy (non-hydrogen) atoms. The lowest BCUT2D eigenvalue weighted by molar-refractivity contribution is -0.135. The molecular formula is C15H21N5O2. The van der Waals surface area contributed by atoms with Gasteiger partial charge in [-0.2, -0.15) is 15.4 Å². The Morgan fingerprint density at radius 1 is 1.32 bits per heavy atom. The normalized spacial score (nSPS) is 33.7. The van der Waals surface area contributed by atoms with Crippen LogP contribution in [0.25, 0.3) is 0 Å². The molecule has 118 valence electrons. The SMILES string of the molecule is CC12CN(C=O)CC1CN(C(=O)C1CCc3n[nH]nc3C1)C2. The molecule has 7 heteroatoms. The van der Waals surface area contributed by atoms with Crippen LogP contribution < -0.4 is 0 Å². The first-order chi connectivity index (χ1) is 10.6. The molecule has 4 rings (SSSR count). The number of likely N-dealkylation sites (tertiary alicyclic amines) is 2. The summed E-state index contributed by atoms with van der Waals surface area (Å²) in [5.74, 6) is 0.692. The Morgan fingerprint density at radius 2 is 2.14 bits per heavy atom. The molecule has 2 aliphatic heterocycles. The maximum Gasteiger partial charge on any atom is 0.226 e. The van der Waals surface area contributed by atoms with Crippen molar-refractivity contribution in [3.05, 3.63) is 11.4 Å². The van der Waals surface area contributed by atoms with Crippen LogP contribution in [0.5, 0.6) is 0 Å². The van der Waals surface area contributed by atoms with E-state index in [0.29, 0.717) is 12.3 Å². The molecular weight excluding hydrogens is 282 g/mol. The third-order valence-electron chi connectivity index (χ3n) is 5.68. The minimum atomic E-state index is 0.0298. The first-order valence-corrected chi connectivity index (χ1v) is 7.96. The van der Waals surface area contributed by atoms with Crippen LogP contribution >= 0.6 is 0 Å². The predicted octanol–water partition coefficient (Wildman–Crippen LogP) is -0.154. The summed E-state index contributed by atoms with van der Waals surface area (Å²) in [6.45, 7) is 5.29. The highest BCUT2D eigenvalue weighted by molar-refractivity contribution is 5.80. The number of hydrogen-bond donors (Lipinski definition) is 1. The van der Waals surface area contributed by atoms with Gasteiger partial charge in [0, 0.05) is 49.9 Å². The fourth-order valence-corrected chi connectivity index (χ4v) is 4.39. The minimum Gasteiger partial charge on any atom is -0.344 e. The molecule has 2 amide bonds. The number of carbonyl (C=O) groups is 2. The van der Waals surface area contributed by atoms with E-state index in [2.05, 4.69) is 22.3 Å². The summed E-state index contributed by atoms with van der Waals surface area (Å²) in [4.78, 5) is 27.7. The number of aromatic nitrogens is 3. The molecule has 3 aliphatic rings. The minimum absolute atomic E-state index is 0.0298. The van der Waals surface area contributed by atoms with Crippen molar-refractivity contribution >= 4 is 12.3 Å². The van der Waals surface area contributed by atoms with Crippen molar-refractivity contribution in [1.29, 1.82) is 0 Å². The maximum absolute atomic E-state index is 12.8. The third-order valence-corrected chi connectivity index (χ3v) is 5.68. The molecule has 0 saturated carbocycles. The second-order valence-corrected chi connectivity index (χ2v) is 7.26. The molecule has 0 radical (unpaired) electrons. The first-order valence-electron chi connectivity index (χ1n) is 7.96. The predicted molar refractivity (Wildman–Crippen MR) is 77.7 cm³/mol. The van der Waals surface area contributed by atoms with Crippen LogP contribution in [0.15, 0.2) is 0 Å². The molecule has 3 unspecified atom stereocenters. The van der Waals surface area contributed by atoms with Gasteiger partial charge in [0.25, 0.3) is 0 Å². The van der Waals surface area contributed by atoms with E-state index in [9.17, 15) is 9.59 Å². The summed E-state index contributed by atoms with van der Waals surface area (Å²) < 4.78 is 0. The van der Waals surface area contributed by atoms with Crippen molar-refractivity contribution in [3.63, 3.8) is 0 Å². The number of carbonyl (C=O) groups excluding carboxylic acids is 2. The van der Waals surface area contributed by atoms with Gasteiger partial charge in [0.15, 0.2) is 0 Å². The van der Waals surface area contributed by atoms with Crippen LogP contribution in [-0.4, -0.2) is 63.7 Å². The highest BCUT2D eigenvalue weighted by Crippen LogP contribution is 2.42. The van der Waals surface area contributed by atoms with E-state index < -0.39 is 0 Å². The van der Waals surface area contributed by atoms with Crippen molar-refractivity contribution < 1.29 is 9.59 Å². The Kier molecular flexibility index (Phi) is 2.99. The summed E-state index contributed by atoms with van der Waals surface area (Å²) in [5, 5.41) is 10.9. The van der Waals surface area contributed by atoms with Crippen molar-refractivity contribution in [1.82, 2.24) is 25.2 Å². The summed E-state index contributed by atoms with van der Waals surface area (Å²) in [5.41, 5.74) is 2.02. The number of H-pyrrole nitrogens is 1. The van der Waals surface area contributed by atoms with E-state index in [-0.39, 0.29) is 17.2 Å². The number of nitrogens with zero attached hydrogens (tertiary/aromatic N) is 4. The molecule has 0 aromatic carbocycles. The number of amides is 2. The number of fused-ring (bicyclic) bond motifs is 2. The van der Waals surface area contributed by atoms with E-state index in [4.69, 9.17) is 0 Å². The van der Waals surface area contributed by atoms with Crippen LogP contribution in [0.4, 0.5) is 0 Å². The number of aryl methyl sites for hydroxylation is 1. The van der Waals surface area contributed by atoms with E-state index in [1.54, 1.807) is 0 Å². The number of nitrogens with one attached hydrogen (secondary N) is 1. The number of rotatable bonds is 2. The zero-order valence-electron chi connectivity index (χ0n) is 12.8. The van der Waals surface area contributed by atoms with Crippen molar-refractivity contribution in [2.45, 2.75) is 26.2 Å². The quantitative estimate of drug-likeness (QED) is 0.770. The summed E-state index contributed by atoms with van der Waals surface area (Å²) in [6.07, 6.45) is 3.32. The van der Waals surface area contributed by atoms with Crippen LogP contribution in [0.1, 0.15) is 24.7 Å². The highest BCUT2D eigenvalue weighted by atomic mass is 16.2. The molecule has 1 N–H and O–H groups in total. The van der Waals surface area contributed by atoms with Gasteiger partial charge in [0.2, 0.25) is 12.3 Å². The van der Waals surface area contributed by atoms with Gasteiger partial charge in [-0.05, 0) is 12.8 Å². The largest absolute Gasteiger partial charge is 0.344 e. The van der Waals surface area contributed by atoms with E-state index >= 15 is 0 Å². The van der Waals surface area contributed by atoms with Gasteiger partial charge >= 0.3 is 0 Å². The number of hydrogen-bond acceptors (Lipinski definition) is 4. The van der Waals surface area contributed by atoms with Gasteiger partial charge in [-0.3, -0.25) is 9.59 Å². The molecule has 7 nitrogen and oxygen atoms in total. The van der Waals surface area contributed by atoms with Crippen molar-refractivity contribution in [2.75, 3.05) is 26.2 Å². The van der Waals surface area contributed by atoms with Gasteiger partial charge < -0.3 is 9.80 Å². The van der Waals surface area contributed by atoms with Gasteiger partial charge in [-0.1, -0.05) is 6.92 Å². The van der Waals surface area contributed by atoms with Gasteiger partial charge in [0.05, 0.1) is 11.4 Å². The first kappa shape index (κ1) is 13.7. The van der Waals surface area contributed by atoms with Crippen LogP contribution in [-0.2, 0) is 22.4 Å². The van der Waals surface area contributed by atoms with E-state index in [1.165, 1.54) is 0 Å². The Morgan fingerprint density at radius 3 is 2.91 bits per heavy atom. The monoisotopic (exact) mass is 303 g/mol. The molecule has 2 fully saturated rings. The molecule has 0 spiro atoms. The maximum atomic E-state index is 12.8. The fourth-order valence-electron chi connectivity index (χ4n) is 4.39. The van der Waals surface area contributed by atoms with E-state index in [0.717, 1.165) is 56.8 Å². The summed E-state index contributed by atoms with van der Waals surface area (Å²) in [6, 6.07) is 0. The second-order valence-electron chi connectivity index (χ2n) is 7.26. The Bertz CT molecular complexity index is 615. The molecule has 1 aliphatic carbocycles. The van der Waals surface area contributed by atoms with Gasteiger partial charge in [-0.15, -0.1) is 0 Å². The Balaban J connectivity index is 1.44. The third kappa shape index (κ3) is 2.02. The highest BCUT2D eigenvalue weighted by Gasteiger charge is 2.50. The Labute approximate surface area is 129 Å². The smallest absolute Gasteiger partial charge is 0.226 e. The number of aromatic amines is 1. The summed E-state index contributed by atoms with van der Waals surface area (Å²) in [7, 11) is 0. The van der Waals surface area contributed by atoms with Crippen LogP contribution in [0.3, 0.4) is 0 Å². The van der Waals surface area contributed by atoms with Crippen LogP contribution in [0, 0.1) is 17.3 Å². The average molecular weight is 303 g/mol. The lowest BCUT2D eigenvalue weighted by atomic mass is 9.83. The fraction of sp³-hybridized carbons (Fsp3) is 0.733. The lowest BCUT2D eigenvalue weighted by Crippen LogP contribution is -2.40. The zero-order chi connectivity index (χ0) is 15.3. The van der Waals surface area contributed by atoms with Crippen LogP contribution in [0.2, 0.25) is 0 Å². The summed E-state index contributed by atoms with van der Waals surface area (Å²) >= 11 is 0.